The number of likely N-dealkylation sites (tertiary alicyclic amines) is 1. The lowest BCUT2D eigenvalue weighted by atomic mass is 9.99. The molecule has 4 aromatic rings. The molecule has 1 saturated heterocycles. The number of amides is 1. The summed E-state index contributed by atoms with van der Waals surface area (Å²) in [5.41, 5.74) is 5.91. The second-order valence-electron chi connectivity index (χ2n) is 14.2. The summed E-state index contributed by atoms with van der Waals surface area (Å²) in [6.45, 7) is 6.31. The second kappa shape index (κ2) is 19.3. The van der Waals surface area contributed by atoms with Crippen LogP contribution in [0.4, 0.5) is 4.79 Å². The summed E-state index contributed by atoms with van der Waals surface area (Å²) in [4.78, 5) is 15.5. The Morgan fingerprint density at radius 2 is 1.44 bits per heavy atom. The molecule has 1 fully saturated rings. The van der Waals surface area contributed by atoms with Crippen molar-refractivity contribution < 1.29 is 23.5 Å². The Kier molecular flexibility index (Phi) is 14.3. The fourth-order valence-electron chi connectivity index (χ4n) is 6.90. The topological polar surface area (TPSA) is 60.0 Å². The summed E-state index contributed by atoms with van der Waals surface area (Å²) in [6.07, 6.45) is 5.96. The third kappa shape index (κ3) is 12.0. The predicted octanol–water partition coefficient (Wildman–Crippen LogP) is 8.53. The highest BCUT2D eigenvalue weighted by molar-refractivity contribution is 5.69. The zero-order valence-corrected chi connectivity index (χ0v) is 30.3. The van der Waals surface area contributed by atoms with Crippen molar-refractivity contribution >= 4 is 6.09 Å². The SMILES string of the molecule is COc1ccccc1COCCCCCC[N+](C)(C)Cc1cccc(CN2CCC(OC(=O)NC(c3ccccc3)c3ccccc3)CC2)c1. The molecule has 0 spiro atoms. The van der Waals surface area contributed by atoms with Gasteiger partial charge in [0.15, 0.2) is 0 Å². The number of methoxy groups -OCH3 is 1. The number of hydrogen-bond acceptors (Lipinski definition) is 5. The van der Waals surface area contributed by atoms with Crippen LogP contribution in [0.3, 0.4) is 0 Å². The number of carbonyl (C=O) groups is 1. The number of rotatable bonds is 18. The smallest absolute Gasteiger partial charge is 0.408 e. The van der Waals surface area contributed by atoms with Gasteiger partial charge in [-0.1, -0.05) is 103 Å². The first-order chi connectivity index (χ1) is 24.4. The van der Waals surface area contributed by atoms with Gasteiger partial charge >= 0.3 is 6.09 Å². The Morgan fingerprint density at radius 3 is 2.14 bits per heavy atom. The number of hydrogen-bond donors (Lipinski definition) is 1. The number of nitrogens with zero attached hydrogens (tertiary/aromatic N) is 2. The maximum atomic E-state index is 13.0. The van der Waals surface area contributed by atoms with Crippen molar-refractivity contribution in [3.05, 3.63) is 137 Å². The average Bonchev–Trinajstić information content (AvgIpc) is 3.13. The molecule has 7 nitrogen and oxygen atoms in total. The molecule has 1 amide bonds. The van der Waals surface area contributed by atoms with Crippen LogP contribution < -0.4 is 10.1 Å². The molecule has 1 aliphatic rings. The van der Waals surface area contributed by atoms with Crippen molar-refractivity contribution in [3.8, 4) is 5.75 Å². The van der Waals surface area contributed by atoms with Crippen LogP contribution in [0.2, 0.25) is 0 Å². The van der Waals surface area contributed by atoms with E-state index in [0.29, 0.717) is 6.61 Å². The van der Waals surface area contributed by atoms with Crippen molar-refractivity contribution in [3.63, 3.8) is 0 Å². The summed E-state index contributed by atoms with van der Waals surface area (Å²) >= 11 is 0. The number of para-hydroxylation sites is 1. The van der Waals surface area contributed by atoms with E-state index < -0.39 is 0 Å². The minimum absolute atomic E-state index is 0.0752. The van der Waals surface area contributed by atoms with Gasteiger partial charge in [0, 0.05) is 37.4 Å². The summed E-state index contributed by atoms with van der Waals surface area (Å²) in [5.74, 6) is 0.892. The standard InChI is InChI=1S/C43H55N3O4/c1-46(2,29-14-4-5-15-30-49-34-39-23-12-13-24-41(39)48-3)33-36-18-16-17-35(31-36)32-45-27-25-40(26-28-45)50-43(47)44-42(37-19-8-6-9-20-37)38-21-10-7-11-22-38/h6-13,16-24,31,40,42H,4-5,14-15,25-30,32-34H2,1-3H3/p+1. The van der Waals surface area contributed by atoms with Crippen LogP contribution in [0, 0.1) is 0 Å². The van der Waals surface area contributed by atoms with Crippen LogP contribution in [-0.2, 0) is 29.2 Å². The maximum Gasteiger partial charge on any atom is 0.408 e. The van der Waals surface area contributed by atoms with Crippen LogP contribution in [0.25, 0.3) is 0 Å². The Balaban J connectivity index is 0.985. The van der Waals surface area contributed by atoms with E-state index in [0.717, 1.165) is 85.5 Å². The highest BCUT2D eigenvalue weighted by atomic mass is 16.6. The van der Waals surface area contributed by atoms with E-state index in [1.54, 1.807) is 7.11 Å². The van der Waals surface area contributed by atoms with E-state index in [4.69, 9.17) is 14.2 Å². The van der Waals surface area contributed by atoms with Crippen molar-refractivity contribution in [2.24, 2.45) is 0 Å². The number of nitrogens with one attached hydrogen (secondary N) is 1. The molecule has 4 aromatic carbocycles. The van der Waals surface area contributed by atoms with Gasteiger partial charge in [0.1, 0.15) is 18.4 Å². The number of carbonyl (C=O) groups excluding carboxylic acids is 1. The molecule has 1 aliphatic heterocycles. The minimum Gasteiger partial charge on any atom is -0.496 e. The average molecular weight is 679 g/mol. The van der Waals surface area contributed by atoms with Gasteiger partial charge in [0.05, 0.1) is 40.4 Å². The van der Waals surface area contributed by atoms with Gasteiger partial charge in [-0.2, -0.15) is 0 Å². The van der Waals surface area contributed by atoms with E-state index in [-0.39, 0.29) is 18.2 Å². The monoisotopic (exact) mass is 678 g/mol. The van der Waals surface area contributed by atoms with Crippen molar-refractivity contribution in [2.75, 3.05) is 47.4 Å². The predicted molar refractivity (Wildman–Crippen MR) is 201 cm³/mol. The molecule has 0 atom stereocenters. The molecule has 7 heteroatoms. The molecule has 0 radical (unpaired) electrons. The molecule has 1 N–H and O–H groups in total. The van der Waals surface area contributed by atoms with Gasteiger partial charge in [-0.25, -0.2) is 4.79 Å². The lowest BCUT2D eigenvalue weighted by molar-refractivity contribution is -0.903. The number of benzene rings is 4. The van der Waals surface area contributed by atoms with Crippen LogP contribution >= 0.6 is 0 Å². The maximum absolute atomic E-state index is 13.0. The van der Waals surface area contributed by atoms with E-state index in [1.807, 2.05) is 78.9 Å². The largest absolute Gasteiger partial charge is 0.496 e. The lowest BCUT2D eigenvalue weighted by Crippen LogP contribution is -2.40. The molecule has 0 saturated carbocycles. The number of unbranched alkanes of at least 4 members (excludes halogenated alkanes) is 3. The molecule has 0 aromatic heterocycles. The third-order valence-corrected chi connectivity index (χ3v) is 9.60. The number of ether oxygens (including phenoxy) is 3. The lowest BCUT2D eigenvalue weighted by Gasteiger charge is -2.32. The number of quaternary nitrogens is 1. The van der Waals surface area contributed by atoms with Gasteiger partial charge in [0.2, 0.25) is 0 Å². The Bertz CT molecular complexity index is 1530. The van der Waals surface area contributed by atoms with Gasteiger partial charge in [-0.05, 0) is 60.9 Å². The third-order valence-electron chi connectivity index (χ3n) is 9.60. The fourth-order valence-corrected chi connectivity index (χ4v) is 6.90. The summed E-state index contributed by atoms with van der Waals surface area (Å²) in [6, 6.07) is 37.0. The first kappa shape index (κ1) is 37.1. The normalized spacial score (nSPS) is 14.1. The minimum atomic E-state index is -0.358. The molecule has 50 heavy (non-hydrogen) atoms. The van der Waals surface area contributed by atoms with Crippen LogP contribution in [0.1, 0.15) is 72.4 Å². The summed E-state index contributed by atoms with van der Waals surface area (Å²) in [7, 11) is 6.38. The molecular formula is C43H56N3O4+. The fraction of sp³-hybridized carbons (Fsp3) is 0.419. The van der Waals surface area contributed by atoms with Crippen LogP contribution in [-0.4, -0.2) is 69.0 Å². The van der Waals surface area contributed by atoms with Crippen molar-refractivity contribution in [2.45, 2.75) is 70.4 Å². The van der Waals surface area contributed by atoms with E-state index >= 15 is 0 Å². The molecule has 5 rings (SSSR count). The molecule has 0 bridgehead atoms. The first-order valence-corrected chi connectivity index (χ1v) is 18.3. The first-order valence-electron chi connectivity index (χ1n) is 18.3. The second-order valence-corrected chi connectivity index (χ2v) is 14.2. The van der Waals surface area contributed by atoms with Crippen molar-refractivity contribution in [1.29, 1.82) is 0 Å². The number of piperidine rings is 1. The van der Waals surface area contributed by atoms with E-state index in [2.05, 4.69) is 54.6 Å². The highest BCUT2D eigenvalue weighted by Gasteiger charge is 2.25. The van der Waals surface area contributed by atoms with E-state index in [9.17, 15) is 4.79 Å². The zero-order valence-electron chi connectivity index (χ0n) is 30.3. The zero-order chi connectivity index (χ0) is 35.0. The number of alkyl carbamates (subject to hydrolysis) is 1. The molecule has 266 valence electrons. The molecule has 0 unspecified atom stereocenters. The van der Waals surface area contributed by atoms with Gasteiger partial charge < -0.3 is 24.0 Å². The van der Waals surface area contributed by atoms with E-state index in [1.165, 1.54) is 30.4 Å². The van der Waals surface area contributed by atoms with Crippen molar-refractivity contribution in [1.82, 2.24) is 10.2 Å². The Labute approximate surface area is 299 Å². The Morgan fingerprint density at radius 1 is 0.800 bits per heavy atom. The molecule has 1 heterocycles. The highest BCUT2D eigenvalue weighted by Crippen LogP contribution is 2.24. The van der Waals surface area contributed by atoms with Gasteiger partial charge in [-0.3, -0.25) is 4.90 Å². The summed E-state index contributed by atoms with van der Waals surface area (Å²) in [5, 5.41) is 3.12. The molecular weight excluding hydrogens is 622 g/mol. The molecule has 0 aliphatic carbocycles. The van der Waals surface area contributed by atoms with Gasteiger partial charge in [-0.15, -0.1) is 0 Å². The van der Waals surface area contributed by atoms with Crippen LogP contribution in [0.15, 0.2) is 109 Å². The van der Waals surface area contributed by atoms with Gasteiger partial charge in [0.25, 0.3) is 0 Å². The van der Waals surface area contributed by atoms with Crippen LogP contribution in [0.5, 0.6) is 5.75 Å². The Hall–Kier alpha value is -4.17. The quantitative estimate of drug-likeness (QED) is 0.0845. The summed E-state index contributed by atoms with van der Waals surface area (Å²) < 4.78 is 18.2.